The van der Waals surface area contributed by atoms with Gasteiger partial charge in [-0.1, -0.05) is 30.3 Å². The molecule has 33 heavy (non-hydrogen) atoms. The fourth-order valence-corrected chi connectivity index (χ4v) is 4.28. The molecule has 2 aromatic carbocycles. The summed E-state index contributed by atoms with van der Waals surface area (Å²) >= 11 is 0. The number of benzene rings is 2. The molecule has 172 valence electrons. The van der Waals surface area contributed by atoms with Gasteiger partial charge >= 0.3 is 0 Å². The Balaban J connectivity index is 1.29. The molecule has 6 nitrogen and oxygen atoms in total. The number of ether oxygens (including phenoxy) is 1. The van der Waals surface area contributed by atoms with E-state index in [1.54, 1.807) is 36.3 Å². The first-order valence-corrected chi connectivity index (χ1v) is 11.3. The summed E-state index contributed by atoms with van der Waals surface area (Å²) in [5.41, 5.74) is 1.45. The van der Waals surface area contributed by atoms with Crippen molar-refractivity contribution >= 4 is 22.7 Å². The minimum absolute atomic E-state index is 0.00654. The van der Waals surface area contributed by atoms with Crippen molar-refractivity contribution < 1.29 is 18.7 Å². The fraction of sp³-hybridized carbons (Fsp3) is 0.346. The lowest BCUT2D eigenvalue weighted by Crippen LogP contribution is -2.40. The number of carbonyl (C=O) groups is 2. The molecule has 1 aliphatic rings. The number of amides is 2. The van der Waals surface area contributed by atoms with Gasteiger partial charge in [0.1, 0.15) is 22.8 Å². The van der Waals surface area contributed by atoms with Crippen LogP contribution in [0.3, 0.4) is 0 Å². The lowest BCUT2D eigenvalue weighted by atomic mass is 9.93. The highest BCUT2D eigenvalue weighted by atomic mass is 19.1. The number of rotatable bonds is 7. The molecule has 1 unspecified atom stereocenters. The van der Waals surface area contributed by atoms with Crippen LogP contribution in [-0.4, -0.2) is 41.9 Å². The van der Waals surface area contributed by atoms with Gasteiger partial charge in [0, 0.05) is 31.4 Å². The van der Waals surface area contributed by atoms with Crippen LogP contribution in [0.2, 0.25) is 0 Å². The van der Waals surface area contributed by atoms with Crippen molar-refractivity contribution in [1.82, 2.24) is 15.2 Å². The zero-order valence-corrected chi connectivity index (χ0v) is 18.7. The van der Waals surface area contributed by atoms with Crippen LogP contribution in [-0.2, 0) is 11.3 Å². The van der Waals surface area contributed by atoms with Gasteiger partial charge in [0.2, 0.25) is 5.91 Å². The molecule has 4 rings (SSSR count). The largest absolute Gasteiger partial charge is 0.497 e. The van der Waals surface area contributed by atoms with Crippen LogP contribution in [0.5, 0.6) is 5.75 Å². The first kappa shape index (κ1) is 22.7. The third-order valence-electron chi connectivity index (χ3n) is 6.10. The van der Waals surface area contributed by atoms with Crippen LogP contribution >= 0.6 is 0 Å². The van der Waals surface area contributed by atoms with E-state index in [2.05, 4.69) is 10.3 Å². The average Bonchev–Trinajstić information content (AvgIpc) is 2.86. The maximum Gasteiger partial charge on any atom is 0.272 e. The fourth-order valence-electron chi connectivity index (χ4n) is 4.28. The lowest BCUT2D eigenvalue weighted by Gasteiger charge is -2.32. The number of carbonyl (C=O) groups excluding carboxylic acids is 2. The third kappa shape index (κ3) is 5.66. The van der Waals surface area contributed by atoms with Gasteiger partial charge in [-0.25, -0.2) is 9.37 Å². The van der Waals surface area contributed by atoms with Gasteiger partial charge in [0.25, 0.3) is 5.91 Å². The number of likely N-dealkylation sites (tertiary alicyclic amines) is 1. The van der Waals surface area contributed by atoms with Gasteiger partial charge < -0.3 is 15.0 Å². The molecular formula is C26H28FN3O3. The zero-order chi connectivity index (χ0) is 23.2. The summed E-state index contributed by atoms with van der Waals surface area (Å²) in [5, 5.41) is 3.62. The molecule has 0 bridgehead atoms. The Hall–Kier alpha value is -3.48. The van der Waals surface area contributed by atoms with Crippen molar-refractivity contribution in [3.63, 3.8) is 0 Å². The van der Waals surface area contributed by atoms with E-state index in [1.165, 1.54) is 6.07 Å². The van der Waals surface area contributed by atoms with Gasteiger partial charge in [-0.2, -0.15) is 0 Å². The molecular weight excluding hydrogens is 421 g/mol. The molecule has 0 radical (unpaired) electrons. The second-order valence-corrected chi connectivity index (χ2v) is 8.43. The van der Waals surface area contributed by atoms with E-state index in [1.807, 2.05) is 24.3 Å². The number of nitrogens with zero attached hydrogens (tertiary/aromatic N) is 2. The monoisotopic (exact) mass is 449 g/mol. The molecule has 1 aliphatic heterocycles. The predicted molar refractivity (Wildman–Crippen MR) is 124 cm³/mol. The van der Waals surface area contributed by atoms with Crippen molar-refractivity contribution in [1.29, 1.82) is 0 Å². The molecule has 1 aromatic heterocycles. The number of piperidine rings is 1. The molecule has 0 saturated carbocycles. The van der Waals surface area contributed by atoms with Crippen molar-refractivity contribution in [2.24, 2.45) is 5.92 Å². The van der Waals surface area contributed by atoms with Gasteiger partial charge in [-0.05, 0) is 55.0 Å². The predicted octanol–water partition coefficient (Wildman–Crippen LogP) is 4.33. The standard InChI is InChI=1S/C26H28FN3O3/c1-33-21-8-2-5-19(15-21)16-28-24(31)13-10-18-6-4-14-30(17-18)26(32)23-12-11-20-7-3-9-22(27)25(20)29-23/h2-3,5,7-9,11-12,15,18H,4,6,10,13-14,16-17H2,1H3,(H,28,31). The molecule has 1 N–H and O–H groups in total. The topological polar surface area (TPSA) is 71.5 Å². The number of fused-ring (bicyclic) bond motifs is 1. The Morgan fingerprint density at radius 1 is 1.18 bits per heavy atom. The highest BCUT2D eigenvalue weighted by Crippen LogP contribution is 2.23. The Morgan fingerprint density at radius 3 is 2.88 bits per heavy atom. The smallest absolute Gasteiger partial charge is 0.272 e. The molecule has 7 heteroatoms. The summed E-state index contributed by atoms with van der Waals surface area (Å²) in [5.74, 6) is 0.388. The summed E-state index contributed by atoms with van der Waals surface area (Å²) < 4.78 is 19.3. The molecule has 1 saturated heterocycles. The van der Waals surface area contributed by atoms with E-state index in [4.69, 9.17) is 4.74 Å². The Morgan fingerprint density at radius 2 is 2.03 bits per heavy atom. The van der Waals surface area contributed by atoms with Crippen LogP contribution in [0.1, 0.15) is 41.7 Å². The summed E-state index contributed by atoms with van der Waals surface area (Å²) in [6.45, 7) is 1.68. The van der Waals surface area contributed by atoms with E-state index in [9.17, 15) is 14.0 Å². The Bertz CT molecular complexity index is 1150. The second-order valence-electron chi connectivity index (χ2n) is 8.43. The number of para-hydroxylation sites is 1. The van der Waals surface area contributed by atoms with Gasteiger partial charge in [-0.3, -0.25) is 9.59 Å². The number of aromatic nitrogens is 1. The molecule has 0 spiro atoms. The van der Waals surface area contributed by atoms with Gasteiger partial charge in [0.05, 0.1) is 7.11 Å². The zero-order valence-electron chi connectivity index (χ0n) is 18.7. The van der Waals surface area contributed by atoms with Crippen LogP contribution < -0.4 is 10.1 Å². The molecule has 1 fully saturated rings. The quantitative estimate of drug-likeness (QED) is 0.583. The van der Waals surface area contributed by atoms with E-state index in [0.29, 0.717) is 37.9 Å². The van der Waals surface area contributed by atoms with Crippen LogP contribution in [0.4, 0.5) is 4.39 Å². The van der Waals surface area contributed by atoms with Crippen LogP contribution in [0, 0.1) is 11.7 Å². The van der Waals surface area contributed by atoms with Crippen molar-refractivity contribution in [3.05, 3.63) is 71.7 Å². The maximum absolute atomic E-state index is 14.1. The number of methoxy groups -OCH3 is 1. The van der Waals surface area contributed by atoms with Crippen LogP contribution in [0.25, 0.3) is 10.9 Å². The van der Waals surface area contributed by atoms with Crippen molar-refractivity contribution in [3.8, 4) is 5.75 Å². The highest BCUT2D eigenvalue weighted by molar-refractivity contribution is 5.95. The molecule has 2 amide bonds. The minimum Gasteiger partial charge on any atom is -0.497 e. The molecule has 2 heterocycles. The molecule has 0 aliphatic carbocycles. The van der Waals surface area contributed by atoms with Crippen molar-refractivity contribution in [2.75, 3.05) is 20.2 Å². The molecule has 3 aromatic rings. The second kappa shape index (κ2) is 10.4. The highest BCUT2D eigenvalue weighted by Gasteiger charge is 2.26. The Labute approximate surface area is 192 Å². The first-order chi connectivity index (χ1) is 16.0. The SMILES string of the molecule is COc1cccc(CNC(=O)CCC2CCCN(C(=O)c3ccc4cccc(F)c4n3)C2)c1. The van der Waals surface area contributed by atoms with Gasteiger partial charge in [-0.15, -0.1) is 0 Å². The van der Waals surface area contributed by atoms with E-state index in [0.717, 1.165) is 24.2 Å². The number of pyridine rings is 1. The van der Waals surface area contributed by atoms with E-state index < -0.39 is 5.82 Å². The van der Waals surface area contributed by atoms with Crippen LogP contribution in [0.15, 0.2) is 54.6 Å². The van der Waals surface area contributed by atoms with E-state index >= 15 is 0 Å². The summed E-state index contributed by atoms with van der Waals surface area (Å²) in [7, 11) is 1.62. The first-order valence-electron chi connectivity index (χ1n) is 11.3. The third-order valence-corrected chi connectivity index (χ3v) is 6.10. The summed E-state index contributed by atoms with van der Waals surface area (Å²) in [6.07, 6.45) is 2.99. The normalized spacial score (nSPS) is 15.9. The average molecular weight is 450 g/mol. The van der Waals surface area contributed by atoms with Gasteiger partial charge in [0.15, 0.2) is 0 Å². The maximum atomic E-state index is 14.1. The Kier molecular flexibility index (Phi) is 7.17. The number of hydrogen-bond donors (Lipinski definition) is 1. The summed E-state index contributed by atoms with van der Waals surface area (Å²) in [4.78, 5) is 31.4. The minimum atomic E-state index is -0.432. The number of hydrogen-bond acceptors (Lipinski definition) is 4. The summed E-state index contributed by atoms with van der Waals surface area (Å²) in [6, 6.07) is 15.7. The lowest BCUT2D eigenvalue weighted by molar-refractivity contribution is -0.121. The van der Waals surface area contributed by atoms with Crippen molar-refractivity contribution in [2.45, 2.75) is 32.2 Å². The number of nitrogens with one attached hydrogen (secondary N) is 1. The molecule has 1 atom stereocenters. The van der Waals surface area contributed by atoms with E-state index in [-0.39, 0.29) is 28.9 Å². The number of halogens is 1.